The van der Waals surface area contributed by atoms with Crippen molar-refractivity contribution in [3.05, 3.63) is 71.0 Å². The quantitative estimate of drug-likeness (QED) is 0.667. The maximum absolute atomic E-state index is 12.7. The molecule has 94 valence electrons. The van der Waals surface area contributed by atoms with E-state index < -0.39 is 0 Å². The van der Waals surface area contributed by atoms with E-state index in [2.05, 4.69) is 31.2 Å². The summed E-state index contributed by atoms with van der Waals surface area (Å²) in [6.07, 6.45) is 4.49. The van der Waals surface area contributed by atoms with Crippen LogP contribution < -0.4 is 0 Å². The van der Waals surface area contributed by atoms with Gasteiger partial charge >= 0.3 is 0 Å². The zero-order chi connectivity index (χ0) is 12.8. The van der Waals surface area contributed by atoms with Crippen LogP contribution in [0.1, 0.15) is 29.5 Å². The summed E-state index contributed by atoms with van der Waals surface area (Å²) in [4.78, 5) is 0. The van der Waals surface area contributed by atoms with Gasteiger partial charge in [-0.05, 0) is 55.9 Å². The van der Waals surface area contributed by atoms with Crippen LogP contribution >= 0.6 is 0 Å². The molecule has 0 saturated carbocycles. The van der Waals surface area contributed by atoms with Gasteiger partial charge in [0, 0.05) is 0 Å². The topological polar surface area (TPSA) is 0 Å². The van der Waals surface area contributed by atoms with Crippen molar-refractivity contribution in [2.45, 2.75) is 32.6 Å². The van der Waals surface area contributed by atoms with Gasteiger partial charge in [0.1, 0.15) is 5.82 Å². The highest BCUT2D eigenvalue weighted by Gasteiger charge is 1.96. The molecule has 18 heavy (non-hydrogen) atoms. The van der Waals surface area contributed by atoms with Crippen LogP contribution in [0, 0.1) is 12.7 Å². The van der Waals surface area contributed by atoms with E-state index >= 15 is 0 Å². The molecule has 0 amide bonds. The number of hydrogen-bond acceptors (Lipinski definition) is 0. The normalized spacial score (nSPS) is 10.6. The second-order valence-corrected chi connectivity index (χ2v) is 4.82. The minimum atomic E-state index is -0.154. The Morgan fingerprint density at radius 2 is 1.17 bits per heavy atom. The van der Waals surface area contributed by atoms with Crippen LogP contribution in [0.3, 0.4) is 0 Å². The summed E-state index contributed by atoms with van der Waals surface area (Å²) in [6.45, 7) is 2.11. The van der Waals surface area contributed by atoms with Crippen molar-refractivity contribution in [1.29, 1.82) is 0 Å². The molecule has 2 aromatic carbocycles. The standard InChI is InChI=1S/C17H19F/c1-14-6-8-15(9-7-14)4-2-3-5-16-10-12-17(18)13-11-16/h6-13H,2-5H2,1H3. The minimum absolute atomic E-state index is 0.154. The molecule has 0 unspecified atom stereocenters. The van der Waals surface area contributed by atoms with Crippen LogP contribution in [-0.4, -0.2) is 0 Å². The maximum Gasteiger partial charge on any atom is 0.123 e. The van der Waals surface area contributed by atoms with Gasteiger partial charge in [-0.15, -0.1) is 0 Å². The van der Waals surface area contributed by atoms with Crippen molar-refractivity contribution < 1.29 is 4.39 Å². The zero-order valence-electron chi connectivity index (χ0n) is 10.8. The lowest BCUT2D eigenvalue weighted by atomic mass is 10.0. The molecule has 0 bridgehead atoms. The van der Waals surface area contributed by atoms with Gasteiger partial charge in [-0.2, -0.15) is 0 Å². The summed E-state index contributed by atoms with van der Waals surface area (Å²) in [6, 6.07) is 15.6. The number of rotatable bonds is 5. The second-order valence-electron chi connectivity index (χ2n) is 4.82. The Bertz CT molecular complexity index is 420. The molecule has 1 heteroatoms. The van der Waals surface area contributed by atoms with Crippen LogP contribution in [0.25, 0.3) is 0 Å². The van der Waals surface area contributed by atoms with Crippen LogP contribution in [-0.2, 0) is 12.8 Å². The van der Waals surface area contributed by atoms with Crippen molar-refractivity contribution in [2.75, 3.05) is 0 Å². The Morgan fingerprint density at radius 3 is 1.67 bits per heavy atom. The van der Waals surface area contributed by atoms with Crippen molar-refractivity contribution in [2.24, 2.45) is 0 Å². The zero-order valence-corrected chi connectivity index (χ0v) is 10.8. The highest BCUT2D eigenvalue weighted by atomic mass is 19.1. The molecule has 2 aromatic rings. The molecule has 0 aliphatic heterocycles. The molecule has 0 saturated heterocycles. The van der Waals surface area contributed by atoms with Crippen LogP contribution in [0.2, 0.25) is 0 Å². The first-order valence-electron chi connectivity index (χ1n) is 6.54. The SMILES string of the molecule is Cc1ccc(CCCCc2ccc(F)cc2)cc1. The van der Waals surface area contributed by atoms with Gasteiger partial charge in [0.25, 0.3) is 0 Å². The molecule has 0 N–H and O–H groups in total. The Balaban J connectivity index is 1.73. The lowest BCUT2D eigenvalue weighted by molar-refractivity contribution is 0.626. The second kappa shape index (κ2) is 6.34. The first-order valence-corrected chi connectivity index (χ1v) is 6.54. The van der Waals surface area contributed by atoms with Gasteiger partial charge in [-0.3, -0.25) is 0 Å². The predicted molar refractivity (Wildman–Crippen MR) is 74.2 cm³/mol. The molecule has 0 heterocycles. The molecule has 0 aliphatic carbocycles. The third kappa shape index (κ3) is 3.99. The van der Waals surface area contributed by atoms with E-state index in [1.54, 1.807) is 0 Å². The fourth-order valence-electron chi connectivity index (χ4n) is 2.06. The largest absolute Gasteiger partial charge is 0.207 e. The Labute approximate surface area is 108 Å². The molecule has 2 rings (SSSR count). The molecule has 0 radical (unpaired) electrons. The molecule has 0 spiro atoms. The van der Waals surface area contributed by atoms with Crippen molar-refractivity contribution in [3.8, 4) is 0 Å². The smallest absolute Gasteiger partial charge is 0.123 e. The highest BCUT2D eigenvalue weighted by molar-refractivity contribution is 5.21. The van der Waals surface area contributed by atoms with Gasteiger partial charge < -0.3 is 0 Å². The van der Waals surface area contributed by atoms with Crippen molar-refractivity contribution in [3.63, 3.8) is 0 Å². The number of halogens is 1. The lowest BCUT2D eigenvalue weighted by Gasteiger charge is -2.03. The summed E-state index contributed by atoms with van der Waals surface area (Å²) in [5.41, 5.74) is 3.94. The summed E-state index contributed by atoms with van der Waals surface area (Å²) in [5.74, 6) is -0.154. The summed E-state index contributed by atoms with van der Waals surface area (Å²) < 4.78 is 12.7. The number of hydrogen-bond donors (Lipinski definition) is 0. The minimum Gasteiger partial charge on any atom is -0.207 e. The lowest BCUT2D eigenvalue weighted by Crippen LogP contribution is -1.90. The van der Waals surface area contributed by atoms with Crippen LogP contribution in [0.4, 0.5) is 4.39 Å². The monoisotopic (exact) mass is 242 g/mol. The van der Waals surface area contributed by atoms with Crippen LogP contribution in [0.5, 0.6) is 0 Å². The van der Waals surface area contributed by atoms with Gasteiger partial charge in [0.2, 0.25) is 0 Å². The number of aryl methyl sites for hydroxylation is 3. The van der Waals surface area contributed by atoms with E-state index in [-0.39, 0.29) is 5.82 Å². The Kier molecular flexibility index (Phi) is 4.52. The Morgan fingerprint density at radius 1 is 0.722 bits per heavy atom. The molecule has 0 aromatic heterocycles. The predicted octanol–water partition coefficient (Wildman–Crippen LogP) is 4.70. The van der Waals surface area contributed by atoms with E-state index in [0.29, 0.717) is 0 Å². The third-order valence-electron chi connectivity index (χ3n) is 3.21. The van der Waals surface area contributed by atoms with Crippen molar-refractivity contribution in [1.82, 2.24) is 0 Å². The van der Waals surface area contributed by atoms with E-state index in [1.165, 1.54) is 35.2 Å². The molecule has 0 atom stereocenters. The summed E-state index contributed by atoms with van der Waals surface area (Å²) >= 11 is 0. The van der Waals surface area contributed by atoms with Gasteiger partial charge in [0.05, 0.1) is 0 Å². The average molecular weight is 242 g/mol. The van der Waals surface area contributed by atoms with Crippen LogP contribution in [0.15, 0.2) is 48.5 Å². The highest BCUT2D eigenvalue weighted by Crippen LogP contribution is 2.10. The molecule has 0 aliphatic rings. The molecule has 0 nitrogen and oxygen atoms in total. The molecular formula is C17H19F. The van der Waals surface area contributed by atoms with Gasteiger partial charge in [0.15, 0.2) is 0 Å². The number of unbranched alkanes of at least 4 members (excludes halogenated alkanes) is 1. The molecular weight excluding hydrogens is 223 g/mol. The average Bonchev–Trinajstić information content (AvgIpc) is 2.39. The summed E-state index contributed by atoms with van der Waals surface area (Å²) in [7, 11) is 0. The van der Waals surface area contributed by atoms with E-state index in [9.17, 15) is 4.39 Å². The van der Waals surface area contributed by atoms with E-state index in [4.69, 9.17) is 0 Å². The first-order chi connectivity index (χ1) is 8.74. The van der Waals surface area contributed by atoms with E-state index in [0.717, 1.165) is 19.3 Å². The fraction of sp³-hybridized carbons (Fsp3) is 0.294. The maximum atomic E-state index is 12.7. The number of benzene rings is 2. The summed E-state index contributed by atoms with van der Waals surface area (Å²) in [5, 5.41) is 0. The van der Waals surface area contributed by atoms with Crippen molar-refractivity contribution >= 4 is 0 Å². The third-order valence-corrected chi connectivity index (χ3v) is 3.21. The van der Waals surface area contributed by atoms with E-state index in [1.807, 2.05) is 12.1 Å². The fourth-order valence-corrected chi connectivity index (χ4v) is 2.06. The Hall–Kier alpha value is -1.63. The molecule has 0 fully saturated rings. The first kappa shape index (κ1) is 12.8. The van der Waals surface area contributed by atoms with Gasteiger partial charge in [-0.1, -0.05) is 42.0 Å². The van der Waals surface area contributed by atoms with Gasteiger partial charge in [-0.25, -0.2) is 4.39 Å².